The first-order chi connectivity index (χ1) is 10.6. The van der Waals surface area contributed by atoms with Crippen molar-refractivity contribution in [2.45, 2.75) is 31.1 Å². The van der Waals surface area contributed by atoms with Crippen LogP contribution in [0.5, 0.6) is 0 Å². The van der Waals surface area contributed by atoms with Crippen LogP contribution in [0.1, 0.15) is 26.2 Å². The quantitative estimate of drug-likeness (QED) is 0.830. The number of benzene rings is 1. The summed E-state index contributed by atoms with van der Waals surface area (Å²) in [5.74, 6) is 0.118. The van der Waals surface area contributed by atoms with Gasteiger partial charge in [-0.05, 0) is 12.1 Å². The molecule has 2 saturated heterocycles. The lowest BCUT2D eigenvalue weighted by Crippen LogP contribution is -2.56. The van der Waals surface area contributed by atoms with Gasteiger partial charge in [-0.1, -0.05) is 25.1 Å². The molecule has 5 nitrogen and oxygen atoms in total. The van der Waals surface area contributed by atoms with Gasteiger partial charge in [0.1, 0.15) is 10.6 Å². The number of carbonyl (C=O) groups excluding carboxylic acids is 2. The number of anilines is 1. The van der Waals surface area contributed by atoms with Gasteiger partial charge in [0.15, 0.2) is 0 Å². The first-order valence-corrected chi connectivity index (χ1v) is 8.95. The standard InChI is InChI=1S/C16H20N2O3S/c1-2-14(19)17-10-8-16(9-11-17)18(15(20)12-22(16)21)13-6-4-3-5-7-13/h3-7H,2,8-12H2,1H3/t22-/m0/s1. The lowest BCUT2D eigenvalue weighted by atomic mass is 10.0. The second-order valence-corrected chi connectivity index (χ2v) is 7.47. The van der Waals surface area contributed by atoms with Gasteiger partial charge < -0.3 is 4.90 Å². The van der Waals surface area contributed by atoms with E-state index in [1.807, 2.05) is 42.2 Å². The van der Waals surface area contributed by atoms with Gasteiger partial charge in [-0.15, -0.1) is 0 Å². The lowest BCUT2D eigenvalue weighted by Gasteiger charge is -2.43. The minimum atomic E-state index is -1.22. The van der Waals surface area contributed by atoms with Gasteiger partial charge >= 0.3 is 0 Å². The molecular weight excluding hydrogens is 300 g/mol. The molecule has 1 aromatic carbocycles. The maximum Gasteiger partial charge on any atom is 0.240 e. The van der Waals surface area contributed by atoms with Crippen LogP contribution in [0.25, 0.3) is 0 Å². The fourth-order valence-electron chi connectivity index (χ4n) is 3.38. The van der Waals surface area contributed by atoms with E-state index in [2.05, 4.69) is 0 Å². The Balaban J connectivity index is 1.89. The highest BCUT2D eigenvalue weighted by molar-refractivity contribution is 7.88. The zero-order valence-corrected chi connectivity index (χ0v) is 13.5. The van der Waals surface area contributed by atoms with Crippen molar-refractivity contribution in [3.63, 3.8) is 0 Å². The van der Waals surface area contributed by atoms with Gasteiger partial charge in [0.05, 0.1) is 10.8 Å². The van der Waals surface area contributed by atoms with E-state index >= 15 is 0 Å². The Hall–Kier alpha value is -1.69. The highest BCUT2D eigenvalue weighted by Crippen LogP contribution is 2.40. The van der Waals surface area contributed by atoms with Crippen molar-refractivity contribution in [2.24, 2.45) is 0 Å². The molecular formula is C16H20N2O3S. The van der Waals surface area contributed by atoms with Crippen LogP contribution in [0.3, 0.4) is 0 Å². The van der Waals surface area contributed by atoms with Crippen LogP contribution in [0.4, 0.5) is 5.69 Å². The Bertz CT molecular complexity index is 609. The summed E-state index contributed by atoms with van der Waals surface area (Å²) in [6.07, 6.45) is 1.63. The first kappa shape index (κ1) is 15.2. The van der Waals surface area contributed by atoms with Crippen LogP contribution in [-0.4, -0.2) is 44.6 Å². The molecule has 2 heterocycles. The van der Waals surface area contributed by atoms with Crippen LogP contribution in [-0.2, 0) is 20.4 Å². The Kier molecular flexibility index (Phi) is 4.04. The first-order valence-electron chi connectivity index (χ1n) is 7.63. The number of hydrogen-bond acceptors (Lipinski definition) is 3. The Morgan fingerprint density at radius 2 is 1.86 bits per heavy atom. The van der Waals surface area contributed by atoms with E-state index in [1.165, 1.54) is 0 Å². The number of amides is 2. The molecule has 0 N–H and O–H groups in total. The van der Waals surface area contributed by atoms with E-state index in [1.54, 1.807) is 4.90 Å². The van der Waals surface area contributed by atoms with E-state index in [4.69, 9.17) is 0 Å². The minimum absolute atomic E-state index is 0.0800. The number of rotatable bonds is 2. The summed E-state index contributed by atoms with van der Waals surface area (Å²) < 4.78 is 12.6. The molecule has 0 aliphatic carbocycles. The molecule has 118 valence electrons. The monoisotopic (exact) mass is 320 g/mol. The molecule has 0 bridgehead atoms. The normalized spacial score (nSPS) is 24.0. The average Bonchev–Trinajstić information content (AvgIpc) is 2.78. The van der Waals surface area contributed by atoms with Crippen LogP contribution in [0, 0.1) is 0 Å². The number of para-hydroxylation sites is 1. The largest absolute Gasteiger partial charge is 0.342 e. The number of hydrogen-bond donors (Lipinski definition) is 0. The number of piperidine rings is 1. The third-order valence-electron chi connectivity index (χ3n) is 4.55. The summed E-state index contributed by atoms with van der Waals surface area (Å²) in [5.41, 5.74) is 0.800. The molecule has 2 fully saturated rings. The smallest absolute Gasteiger partial charge is 0.240 e. The molecule has 0 aromatic heterocycles. The fraction of sp³-hybridized carbons (Fsp3) is 0.500. The van der Waals surface area contributed by atoms with Gasteiger partial charge in [0, 0.05) is 38.0 Å². The van der Waals surface area contributed by atoms with Crippen molar-refractivity contribution in [3.05, 3.63) is 30.3 Å². The lowest BCUT2D eigenvalue weighted by molar-refractivity contribution is -0.132. The zero-order valence-electron chi connectivity index (χ0n) is 12.7. The molecule has 6 heteroatoms. The maximum atomic E-state index is 12.6. The summed E-state index contributed by atoms with van der Waals surface area (Å²) in [4.78, 5) is 27.1. The average molecular weight is 320 g/mol. The van der Waals surface area contributed by atoms with Gasteiger partial charge in [0.2, 0.25) is 11.8 Å². The molecule has 1 aromatic rings. The summed E-state index contributed by atoms with van der Waals surface area (Å²) in [5, 5.41) is 0. The molecule has 0 unspecified atom stereocenters. The second kappa shape index (κ2) is 5.83. The predicted octanol–water partition coefficient (Wildman–Crippen LogP) is 1.51. The van der Waals surface area contributed by atoms with Crippen LogP contribution in [0.2, 0.25) is 0 Å². The van der Waals surface area contributed by atoms with Crippen molar-refractivity contribution in [2.75, 3.05) is 23.7 Å². The van der Waals surface area contributed by atoms with Gasteiger partial charge in [-0.3, -0.25) is 18.7 Å². The Morgan fingerprint density at radius 3 is 2.45 bits per heavy atom. The third-order valence-corrected chi connectivity index (χ3v) is 6.50. The SMILES string of the molecule is CCC(=O)N1CCC2(CC1)N(c1ccccc1)C(=O)C[S@@]2=O. The molecule has 2 aliphatic rings. The van der Waals surface area contributed by atoms with Crippen molar-refractivity contribution in [1.82, 2.24) is 4.90 Å². The highest BCUT2D eigenvalue weighted by Gasteiger charge is 2.53. The van der Waals surface area contributed by atoms with E-state index in [-0.39, 0.29) is 17.6 Å². The molecule has 2 amide bonds. The van der Waals surface area contributed by atoms with E-state index in [9.17, 15) is 13.8 Å². The van der Waals surface area contributed by atoms with Gasteiger partial charge in [-0.25, -0.2) is 0 Å². The predicted molar refractivity (Wildman–Crippen MR) is 85.8 cm³/mol. The number of likely N-dealkylation sites (tertiary alicyclic amines) is 1. The molecule has 3 rings (SSSR count). The molecule has 22 heavy (non-hydrogen) atoms. The van der Waals surface area contributed by atoms with E-state index < -0.39 is 15.7 Å². The fourth-order valence-corrected chi connectivity index (χ4v) is 5.05. The zero-order chi connectivity index (χ0) is 15.7. The molecule has 1 spiro atoms. The van der Waals surface area contributed by atoms with Crippen LogP contribution >= 0.6 is 0 Å². The van der Waals surface area contributed by atoms with Crippen molar-refractivity contribution in [1.29, 1.82) is 0 Å². The Labute approximate surface area is 132 Å². The third kappa shape index (κ3) is 2.35. The minimum Gasteiger partial charge on any atom is -0.342 e. The maximum absolute atomic E-state index is 12.6. The van der Waals surface area contributed by atoms with Crippen molar-refractivity contribution >= 4 is 28.3 Å². The second-order valence-electron chi connectivity index (χ2n) is 5.74. The van der Waals surface area contributed by atoms with Crippen LogP contribution < -0.4 is 4.90 Å². The highest BCUT2D eigenvalue weighted by atomic mass is 32.2. The van der Waals surface area contributed by atoms with Crippen molar-refractivity contribution in [3.8, 4) is 0 Å². The Morgan fingerprint density at radius 1 is 1.23 bits per heavy atom. The molecule has 0 saturated carbocycles. The summed E-state index contributed by atoms with van der Waals surface area (Å²) in [7, 11) is -1.22. The topological polar surface area (TPSA) is 57.7 Å². The molecule has 1 atom stereocenters. The van der Waals surface area contributed by atoms with E-state index in [0.29, 0.717) is 32.4 Å². The summed E-state index contributed by atoms with van der Waals surface area (Å²) in [6.45, 7) is 2.98. The summed E-state index contributed by atoms with van der Waals surface area (Å²) >= 11 is 0. The van der Waals surface area contributed by atoms with Gasteiger partial charge in [0.25, 0.3) is 0 Å². The van der Waals surface area contributed by atoms with Gasteiger partial charge in [-0.2, -0.15) is 0 Å². The van der Waals surface area contributed by atoms with Crippen molar-refractivity contribution < 1.29 is 13.8 Å². The molecule has 2 aliphatic heterocycles. The van der Waals surface area contributed by atoms with E-state index in [0.717, 1.165) is 5.69 Å². The summed E-state index contributed by atoms with van der Waals surface area (Å²) in [6, 6.07) is 9.42. The molecule has 0 radical (unpaired) electrons. The van der Waals surface area contributed by atoms with Crippen LogP contribution in [0.15, 0.2) is 30.3 Å². The number of nitrogens with zero attached hydrogens (tertiary/aromatic N) is 2. The number of carbonyl (C=O) groups is 2.